The van der Waals surface area contributed by atoms with E-state index in [0.29, 0.717) is 0 Å². The first-order valence-electron chi connectivity index (χ1n) is 9.04. The molecule has 0 aliphatic carbocycles. The lowest BCUT2D eigenvalue weighted by Gasteiger charge is -2.32. The molecular formula is C23H24P2S2. The second-order valence-electron chi connectivity index (χ2n) is 6.55. The standard InChI is InChI=1S/C23H24P2S2/c1-3-20(2)24(26,21-13-7-4-8-14-21)19-25(27,22-15-9-5-10-16-22)23-17-11-6-12-18-23/h4-18H,2-3,19H2,1H3. The summed E-state index contributed by atoms with van der Waals surface area (Å²) in [6.07, 6.45) is 0.894. The molecular weight excluding hydrogens is 402 g/mol. The van der Waals surface area contributed by atoms with Gasteiger partial charge < -0.3 is 0 Å². The van der Waals surface area contributed by atoms with E-state index in [0.717, 1.165) is 12.3 Å². The molecule has 0 nitrogen and oxygen atoms in total. The summed E-state index contributed by atoms with van der Waals surface area (Å²) in [4.78, 5) is 0. The highest BCUT2D eigenvalue weighted by Gasteiger charge is 2.32. The maximum Gasteiger partial charge on any atom is 0.0210 e. The van der Waals surface area contributed by atoms with Crippen molar-refractivity contribution in [1.82, 2.24) is 0 Å². The summed E-state index contributed by atoms with van der Waals surface area (Å²) in [6.45, 7) is 6.56. The molecule has 0 saturated carbocycles. The van der Waals surface area contributed by atoms with E-state index in [2.05, 4.69) is 86.3 Å². The molecule has 138 valence electrons. The van der Waals surface area contributed by atoms with Crippen LogP contribution >= 0.6 is 12.1 Å². The van der Waals surface area contributed by atoms with E-state index in [4.69, 9.17) is 23.6 Å². The number of rotatable bonds is 7. The van der Waals surface area contributed by atoms with Crippen molar-refractivity contribution < 1.29 is 0 Å². The Balaban J connectivity index is 2.20. The van der Waals surface area contributed by atoms with Gasteiger partial charge in [-0.1, -0.05) is 128 Å². The van der Waals surface area contributed by atoms with Gasteiger partial charge in [-0.2, -0.15) is 0 Å². The normalized spacial score (nSPS) is 13.7. The van der Waals surface area contributed by atoms with Crippen LogP contribution in [0.3, 0.4) is 0 Å². The molecule has 3 aromatic carbocycles. The highest BCUT2D eigenvalue weighted by Crippen LogP contribution is 2.64. The predicted molar refractivity (Wildman–Crippen MR) is 131 cm³/mol. The molecule has 0 bridgehead atoms. The molecule has 0 saturated heterocycles. The number of hydrogen-bond donors (Lipinski definition) is 0. The molecule has 0 radical (unpaired) electrons. The second kappa shape index (κ2) is 8.80. The molecule has 27 heavy (non-hydrogen) atoms. The highest BCUT2D eigenvalue weighted by molar-refractivity contribution is 8.31. The van der Waals surface area contributed by atoms with E-state index in [1.807, 2.05) is 18.2 Å². The Labute approximate surface area is 173 Å². The van der Waals surface area contributed by atoms with Gasteiger partial charge in [0.2, 0.25) is 0 Å². The average Bonchev–Trinajstić information content (AvgIpc) is 2.74. The van der Waals surface area contributed by atoms with Gasteiger partial charge in [-0.3, -0.25) is 0 Å². The quantitative estimate of drug-likeness (QED) is 0.438. The minimum atomic E-state index is -2.06. The summed E-state index contributed by atoms with van der Waals surface area (Å²) in [5, 5.41) is 4.87. The summed E-state index contributed by atoms with van der Waals surface area (Å²) >= 11 is 12.9. The van der Waals surface area contributed by atoms with Crippen LogP contribution in [-0.4, -0.2) is 5.90 Å². The predicted octanol–water partition coefficient (Wildman–Crippen LogP) is 5.80. The Morgan fingerprint density at radius 1 is 0.704 bits per heavy atom. The van der Waals surface area contributed by atoms with Crippen molar-refractivity contribution in [2.45, 2.75) is 13.3 Å². The Morgan fingerprint density at radius 3 is 1.44 bits per heavy atom. The number of hydrogen-bond acceptors (Lipinski definition) is 2. The van der Waals surface area contributed by atoms with E-state index >= 15 is 0 Å². The van der Waals surface area contributed by atoms with Gasteiger partial charge in [0.1, 0.15) is 0 Å². The molecule has 0 fully saturated rings. The second-order valence-corrected chi connectivity index (χ2v) is 16.6. The van der Waals surface area contributed by atoms with Gasteiger partial charge in [-0.15, -0.1) is 0 Å². The molecule has 4 heteroatoms. The molecule has 0 aliphatic heterocycles. The molecule has 0 heterocycles. The fourth-order valence-electron chi connectivity index (χ4n) is 3.22. The minimum Gasteiger partial charge on any atom is -0.0943 e. The van der Waals surface area contributed by atoms with Crippen LogP contribution in [0.2, 0.25) is 0 Å². The minimum absolute atomic E-state index is 0.829. The monoisotopic (exact) mass is 426 g/mol. The van der Waals surface area contributed by atoms with Crippen molar-refractivity contribution >= 4 is 51.6 Å². The Kier molecular flexibility index (Phi) is 6.66. The molecule has 1 atom stereocenters. The van der Waals surface area contributed by atoms with E-state index in [1.165, 1.54) is 21.2 Å². The summed E-state index contributed by atoms with van der Waals surface area (Å²) in [6, 6.07) is 27.6. The molecule has 0 aliphatic rings. The molecule has 1 unspecified atom stereocenters. The van der Waals surface area contributed by atoms with Crippen molar-refractivity contribution in [3.05, 3.63) is 103 Å². The van der Waals surface area contributed by atoms with Gasteiger partial charge in [0, 0.05) is 18.0 Å². The Bertz CT molecular complexity index is 953. The summed E-state index contributed by atoms with van der Waals surface area (Å²) in [7, 11) is 0. The first-order chi connectivity index (χ1) is 13.0. The van der Waals surface area contributed by atoms with Crippen LogP contribution in [0.5, 0.6) is 0 Å². The zero-order valence-corrected chi connectivity index (χ0v) is 18.9. The molecule has 3 rings (SSSR count). The topological polar surface area (TPSA) is 0 Å². The number of benzene rings is 3. The van der Waals surface area contributed by atoms with Gasteiger partial charge >= 0.3 is 0 Å². The van der Waals surface area contributed by atoms with Gasteiger partial charge in [0.25, 0.3) is 0 Å². The average molecular weight is 427 g/mol. The summed E-state index contributed by atoms with van der Waals surface area (Å²) in [5.74, 6) is 0.829. The van der Waals surface area contributed by atoms with E-state index in [1.54, 1.807) is 0 Å². The zero-order chi connectivity index (χ0) is 19.3. The third-order valence-electron chi connectivity index (χ3n) is 4.84. The van der Waals surface area contributed by atoms with Crippen LogP contribution in [0.4, 0.5) is 0 Å². The fourth-order valence-corrected chi connectivity index (χ4v) is 16.6. The first-order valence-corrected chi connectivity index (χ1v) is 15.0. The van der Waals surface area contributed by atoms with Crippen molar-refractivity contribution in [2.24, 2.45) is 0 Å². The lowest BCUT2D eigenvalue weighted by atomic mass is 10.4. The molecule has 0 aromatic heterocycles. The summed E-state index contributed by atoms with van der Waals surface area (Å²) < 4.78 is 0. The molecule has 0 N–H and O–H groups in total. The van der Waals surface area contributed by atoms with E-state index in [9.17, 15) is 0 Å². The van der Waals surface area contributed by atoms with Gasteiger partial charge in [-0.25, -0.2) is 0 Å². The van der Waals surface area contributed by atoms with E-state index in [-0.39, 0.29) is 0 Å². The van der Waals surface area contributed by atoms with Gasteiger partial charge in [-0.05, 0) is 27.6 Å². The van der Waals surface area contributed by atoms with Crippen LogP contribution in [0.15, 0.2) is 103 Å². The lowest BCUT2D eigenvalue weighted by molar-refractivity contribution is 1.20. The van der Waals surface area contributed by atoms with Gasteiger partial charge in [0.15, 0.2) is 0 Å². The summed E-state index contributed by atoms with van der Waals surface area (Å²) in [5.41, 5.74) is 0. The smallest absolute Gasteiger partial charge is 0.0210 e. The third kappa shape index (κ3) is 4.25. The van der Waals surface area contributed by atoms with Crippen LogP contribution in [0, 0.1) is 0 Å². The lowest BCUT2D eigenvalue weighted by Crippen LogP contribution is -2.21. The van der Waals surface area contributed by atoms with Crippen LogP contribution < -0.4 is 15.9 Å². The fraction of sp³-hybridized carbons (Fsp3) is 0.130. The molecule has 0 spiro atoms. The van der Waals surface area contributed by atoms with Crippen LogP contribution in [0.25, 0.3) is 0 Å². The van der Waals surface area contributed by atoms with Crippen LogP contribution in [0.1, 0.15) is 13.3 Å². The van der Waals surface area contributed by atoms with Crippen LogP contribution in [-0.2, 0) is 23.6 Å². The first kappa shape index (κ1) is 20.4. The zero-order valence-electron chi connectivity index (χ0n) is 15.5. The van der Waals surface area contributed by atoms with Gasteiger partial charge in [0.05, 0.1) is 0 Å². The largest absolute Gasteiger partial charge is 0.0943 e. The Morgan fingerprint density at radius 2 is 1.07 bits per heavy atom. The van der Waals surface area contributed by atoms with Crippen molar-refractivity contribution in [1.29, 1.82) is 0 Å². The maximum atomic E-state index is 6.48. The van der Waals surface area contributed by atoms with E-state index < -0.39 is 12.1 Å². The number of allylic oxidation sites excluding steroid dienone is 1. The highest BCUT2D eigenvalue weighted by atomic mass is 32.5. The SMILES string of the molecule is C=C(CC)P(=S)(CP(=S)(c1ccccc1)c1ccccc1)c1ccccc1. The third-order valence-corrected chi connectivity index (χ3v) is 17.5. The molecule has 3 aromatic rings. The van der Waals surface area contributed by atoms with Crippen molar-refractivity contribution in [2.75, 3.05) is 5.90 Å². The molecule has 0 amide bonds. The maximum absolute atomic E-state index is 6.48. The van der Waals surface area contributed by atoms with Crippen molar-refractivity contribution in [3.63, 3.8) is 0 Å². The Hall–Kier alpha value is -1.30. The van der Waals surface area contributed by atoms with Crippen molar-refractivity contribution in [3.8, 4) is 0 Å².